The molecule has 0 spiro atoms. The Bertz CT molecular complexity index is 490. The summed E-state index contributed by atoms with van der Waals surface area (Å²) in [5, 5.41) is 9.87. The van der Waals surface area contributed by atoms with Gasteiger partial charge in [0.1, 0.15) is 0 Å². The Morgan fingerprint density at radius 2 is 1.94 bits per heavy atom. The smallest absolute Gasteiger partial charge is 0.209 e. The van der Waals surface area contributed by atoms with Crippen LogP contribution in [0, 0.1) is 0 Å². The number of ketones is 1. The van der Waals surface area contributed by atoms with E-state index in [2.05, 4.69) is 0 Å². The molecule has 1 N–H and O–H groups in total. The lowest BCUT2D eigenvalue weighted by atomic mass is 9.99. The van der Waals surface area contributed by atoms with Gasteiger partial charge in [0, 0.05) is 0 Å². The van der Waals surface area contributed by atoms with Crippen LogP contribution < -0.4 is 14.2 Å². The second kappa shape index (κ2) is 3.55. The summed E-state index contributed by atoms with van der Waals surface area (Å²) in [4.78, 5) is 12.0. The molecular formula is C12H14O5. The molecular weight excluding hydrogens is 224 g/mol. The molecule has 0 atom stereocenters. The summed E-state index contributed by atoms with van der Waals surface area (Å²) in [6.45, 7) is 3.33. The summed E-state index contributed by atoms with van der Waals surface area (Å²) in [5.41, 5.74) is -0.587. The molecule has 0 amide bonds. The number of hydrogen-bond donors (Lipinski definition) is 1. The maximum Gasteiger partial charge on any atom is 0.209 e. The van der Waals surface area contributed by atoms with E-state index in [0.717, 1.165) is 0 Å². The van der Waals surface area contributed by atoms with Gasteiger partial charge in [-0.05, 0) is 19.9 Å². The fourth-order valence-corrected chi connectivity index (χ4v) is 1.85. The van der Waals surface area contributed by atoms with Gasteiger partial charge in [0.25, 0.3) is 0 Å². The van der Waals surface area contributed by atoms with Crippen molar-refractivity contribution >= 4 is 5.78 Å². The monoisotopic (exact) mass is 238 g/mol. The van der Waals surface area contributed by atoms with Crippen LogP contribution in [0.4, 0.5) is 0 Å². The molecule has 1 heterocycles. The van der Waals surface area contributed by atoms with Gasteiger partial charge in [0.2, 0.25) is 17.3 Å². The number of phenolic OH excluding ortho intramolecular Hbond substituents is 1. The maximum atomic E-state index is 12.0. The van der Waals surface area contributed by atoms with Crippen molar-refractivity contribution in [1.29, 1.82) is 0 Å². The van der Waals surface area contributed by atoms with E-state index in [9.17, 15) is 9.90 Å². The van der Waals surface area contributed by atoms with Crippen LogP contribution in [-0.4, -0.2) is 30.7 Å². The molecule has 0 bridgehead atoms. The summed E-state index contributed by atoms with van der Waals surface area (Å²) in [6.07, 6.45) is 0. The molecule has 1 aromatic carbocycles. The average molecular weight is 238 g/mol. The molecule has 0 fully saturated rings. The zero-order valence-corrected chi connectivity index (χ0v) is 10.2. The maximum absolute atomic E-state index is 12.0. The average Bonchev–Trinajstić information content (AvgIpc) is 2.50. The minimum atomic E-state index is -0.950. The standard InChI is InChI=1S/C12H14O5/c1-12(2)11(14)6-5-7(15-3)8(13)10(16-4)9(6)17-12/h5,13H,1-4H3. The number of methoxy groups -OCH3 is 2. The van der Waals surface area contributed by atoms with Crippen molar-refractivity contribution in [2.75, 3.05) is 14.2 Å². The van der Waals surface area contributed by atoms with E-state index in [1.54, 1.807) is 13.8 Å². The molecule has 2 rings (SSSR count). The van der Waals surface area contributed by atoms with Crippen molar-refractivity contribution in [3.63, 3.8) is 0 Å². The summed E-state index contributed by atoms with van der Waals surface area (Å²) < 4.78 is 15.6. The highest BCUT2D eigenvalue weighted by atomic mass is 16.5. The van der Waals surface area contributed by atoms with Crippen molar-refractivity contribution in [3.8, 4) is 23.0 Å². The Labute approximate surface area is 98.9 Å². The zero-order chi connectivity index (χ0) is 12.8. The third kappa shape index (κ3) is 1.50. The number of phenols is 1. The second-order valence-electron chi connectivity index (χ2n) is 4.28. The number of aromatic hydroxyl groups is 1. The van der Waals surface area contributed by atoms with E-state index in [-0.39, 0.29) is 28.8 Å². The van der Waals surface area contributed by atoms with Crippen molar-refractivity contribution in [1.82, 2.24) is 0 Å². The number of hydrogen-bond acceptors (Lipinski definition) is 5. The summed E-state index contributed by atoms with van der Waals surface area (Å²) in [7, 11) is 2.81. The van der Waals surface area contributed by atoms with E-state index < -0.39 is 5.60 Å². The van der Waals surface area contributed by atoms with Crippen LogP contribution in [-0.2, 0) is 0 Å². The SMILES string of the molecule is COc1cc2c(c(OC)c1O)OC(C)(C)C2=O. The van der Waals surface area contributed by atoms with Gasteiger partial charge >= 0.3 is 0 Å². The van der Waals surface area contributed by atoms with Crippen molar-refractivity contribution in [2.45, 2.75) is 19.4 Å². The first kappa shape index (κ1) is 11.6. The van der Waals surface area contributed by atoms with E-state index in [4.69, 9.17) is 14.2 Å². The van der Waals surface area contributed by atoms with Crippen LogP contribution >= 0.6 is 0 Å². The number of carbonyl (C=O) groups is 1. The highest BCUT2D eigenvalue weighted by molar-refractivity contribution is 6.08. The van der Waals surface area contributed by atoms with E-state index in [1.807, 2.05) is 0 Å². The Morgan fingerprint density at radius 1 is 1.29 bits per heavy atom. The first-order valence-electron chi connectivity index (χ1n) is 5.14. The molecule has 0 saturated carbocycles. The lowest BCUT2D eigenvalue weighted by molar-refractivity contribution is 0.0678. The molecule has 1 aliphatic rings. The van der Waals surface area contributed by atoms with E-state index >= 15 is 0 Å². The second-order valence-corrected chi connectivity index (χ2v) is 4.28. The molecule has 0 saturated heterocycles. The zero-order valence-electron chi connectivity index (χ0n) is 10.2. The van der Waals surface area contributed by atoms with Gasteiger partial charge in [-0.3, -0.25) is 4.79 Å². The highest BCUT2D eigenvalue weighted by Crippen LogP contribution is 2.50. The fraction of sp³-hybridized carbons (Fsp3) is 0.417. The number of ether oxygens (including phenoxy) is 3. The van der Waals surface area contributed by atoms with Gasteiger partial charge in [-0.15, -0.1) is 0 Å². The molecule has 17 heavy (non-hydrogen) atoms. The molecule has 0 radical (unpaired) electrons. The lowest BCUT2D eigenvalue weighted by Gasteiger charge is -2.16. The molecule has 1 aromatic rings. The predicted octanol–water partition coefficient (Wildman–Crippen LogP) is 1.76. The Morgan fingerprint density at radius 3 is 2.47 bits per heavy atom. The highest BCUT2D eigenvalue weighted by Gasteiger charge is 2.43. The van der Waals surface area contributed by atoms with Crippen molar-refractivity contribution in [2.24, 2.45) is 0 Å². The third-order valence-corrected chi connectivity index (χ3v) is 2.75. The Kier molecular flexibility index (Phi) is 2.41. The first-order valence-corrected chi connectivity index (χ1v) is 5.14. The topological polar surface area (TPSA) is 65.0 Å². The molecule has 0 unspecified atom stereocenters. The van der Waals surface area contributed by atoms with E-state index in [1.165, 1.54) is 20.3 Å². The van der Waals surface area contributed by atoms with Gasteiger partial charge in [-0.1, -0.05) is 0 Å². The number of fused-ring (bicyclic) bond motifs is 1. The largest absolute Gasteiger partial charge is 0.502 e. The molecule has 0 aromatic heterocycles. The molecule has 0 aliphatic carbocycles. The fourth-order valence-electron chi connectivity index (χ4n) is 1.85. The predicted molar refractivity (Wildman–Crippen MR) is 60.2 cm³/mol. The minimum absolute atomic E-state index is 0.123. The van der Waals surface area contributed by atoms with Crippen LogP contribution in [0.25, 0.3) is 0 Å². The van der Waals surface area contributed by atoms with Crippen LogP contribution in [0.3, 0.4) is 0 Å². The van der Waals surface area contributed by atoms with Gasteiger partial charge in [-0.25, -0.2) is 0 Å². The van der Waals surface area contributed by atoms with Crippen LogP contribution in [0.2, 0.25) is 0 Å². The summed E-state index contributed by atoms with van der Waals surface area (Å²) in [5.74, 6) is 0.248. The summed E-state index contributed by atoms with van der Waals surface area (Å²) in [6, 6.07) is 1.46. The number of benzene rings is 1. The van der Waals surface area contributed by atoms with Crippen LogP contribution in [0.1, 0.15) is 24.2 Å². The normalized spacial score (nSPS) is 16.4. The van der Waals surface area contributed by atoms with E-state index in [0.29, 0.717) is 5.56 Å². The number of carbonyl (C=O) groups excluding carboxylic acids is 1. The van der Waals surface area contributed by atoms with Gasteiger partial charge < -0.3 is 19.3 Å². The summed E-state index contributed by atoms with van der Waals surface area (Å²) >= 11 is 0. The number of rotatable bonds is 2. The first-order chi connectivity index (χ1) is 7.92. The van der Waals surface area contributed by atoms with Gasteiger partial charge in [0.15, 0.2) is 17.1 Å². The molecule has 5 heteroatoms. The number of Topliss-reactive ketones (excluding diaryl/α,β-unsaturated/α-hetero) is 1. The molecule has 5 nitrogen and oxygen atoms in total. The van der Waals surface area contributed by atoms with Gasteiger partial charge in [-0.2, -0.15) is 0 Å². The molecule has 1 aliphatic heterocycles. The van der Waals surface area contributed by atoms with Crippen molar-refractivity contribution in [3.05, 3.63) is 11.6 Å². The third-order valence-electron chi connectivity index (χ3n) is 2.75. The van der Waals surface area contributed by atoms with Gasteiger partial charge in [0.05, 0.1) is 19.8 Å². The lowest BCUT2D eigenvalue weighted by Crippen LogP contribution is -2.31. The quantitative estimate of drug-likeness (QED) is 0.850. The molecule has 92 valence electrons. The Hall–Kier alpha value is -1.91. The minimum Gasteiger partial charge on any atom is -0.502 e. The van der Waals surface area contributed by atoms with Crippen LogP contribution in [0.5, 0.6) is 23.0 Å². The van der Waals surface area contributed by atoms with Crippen LogP contribution in [0.15, 0.2) is 6.07 Å². The Balaban J connectivity index is 2.70. The van der Waals surface area contributed by atoms with Crippen molar-refractivity contribution < 1.29 is 24.1 Å².